The molecule has 40 heavy (non-hydrogen) atoms. The number of aliphatic carboxylic acids is 1. The first-order valence-corrected chi connectivity index (χ1v) is 13.8. The first kappa shape index (κ1) is 30.7. The summed E-state index contributed by atoms with van der Waals surface area (Å²) in [5.74, 6) is -2.49. The molecule has 0 aromatic heterocycles. The molecule has 2 aromatic rings. The minimum absolute atomic E-state index is 0.204. The number of carbonyl (C=O) groups is 4. The highest BCUT2D eigenvalue weighted by molar-refractivity contribution is 5.92. The van der Waals surface area contributed by atoms with Gasteiger partial charge in [0.05, 0.1) is 6.42 Å². The fourth-order valence-electron chi connectivity index (χ4n) is 4.86. The van der Waals surface area contributed by atoms with E-state index >= 15 is 0 Å². The van der Waals surface area contributed by atoms with Gasteiger partial charge in [-0.15, -0.1) is 0 Å². The van der Waals surface area contributed by atoms with Gasteiger partial charge < -0.3 is 25.2 Å². The van der Waals surface area contributed by atoms with E-state index in [1.807, 2.05) is 60.7 Å². The summed E-state index contributed by atoms with van der Waals surface area (Å²) in [5.41, 5.74) is 0.714. The van der Waals surface area contributed by atoms with Crippen molar-refractivity contribution in [2.45, 2.75) is 89.5 Å². The van der Waals surface area contributed by atoms with E-state index in [9.17, 15) is 24.3 Å². The number of carboxylic acids is 1. The van der Waals surface area contributed by atoms with Crippen LogP contribution < -0.4 is 10.6 Å². The van der Waals surface area contributed by atoms with Crippen LogP contribution in [0.5, 0.6) is 0 Å². The number of benzene rings is 2. The summed E-state index contributed by atoms with van der Waals surface area (Å²) in [6, 6.07) is 16.2. The number of nitrogens with one attached hydrogen (secondary N) is 2. The molecule has 2 atom stereocenters. The minimum Gasteiger partial charge on any atom is -0.481 e. The molecule has 9 nitrogen and oxygen atoms in total. The Bertz CT molecular complexity index is 1090. The molecule has 1 aliphatic rings. The second kappa shape index (κ2) is 14.5. The van der Waals surface area contributed by atoms with Gasteiger partial charge in [-0.3, -0.25) is 9.59 Å². The molecule has 0 heterocycles. The molecule has 1 aliphatic carbocycles. The summed E-state index contributed by atoms with van der Waals surface area (Å²) in [6.45, 7) is 4.97. The molecular formula is C31H40N2O7. The number of hydrogen-bond acceptors (Lipinski definition) is 6. The van der Waals surface area contributed by atoms with Crippen LogP contribution in [-0.4, -0.2) is 46.7 Å². The molecule has 216 valence electrons. The highest BCUT2D eigenvalue weighted by atomic mass is 16.6. The normalized spacial score (nSPS) is 15.5. The van der Waals surface area contributed by atoms with Crippen LogP contribution in [0.2, 0.25) is 0 Å². The summed E-state index contributed by atoms with van der Waals surface area (Å²) in [6.07, 6.45) is 3.12. The maximum absolute atomic E-state index is 13.7. The average Bonchev–Trinajstić information content (AvgIpc) is 2.91. The molecule has 0 saturated heterocycles. The third kappa shape index (κ3) is 10.0. The summed E-state index contributed by atoms with van der Waals surface area (Å²) in [5, 5.41) is 14.4. The molecule has 1 fully saturated rings. The summed E-state index contributed by atoms with van der Waals surface area (Å²) in [4.78, 5) is 50.9. The molecule has 0 spiro atoms. The SMILES string of the molecule is CC(C)(C)OC(=O)N[C@@H](CC(=O)O)C(=O)N[C@@H](CC1CCCCC1)C(=O)OC(c1ccccc1)c1ccccc1. The van der Waals surface area contributed by atoms with Gasteiger partial charge in [0.15, 0.2) is 6.10 Å². The standard InChI is InChI=1S/C31H40N2O7/c1-31(2,3)40-30(38)33-24(20-26(34)35)28(36)32-25(19-21-13-7-4-8-14-21)29(37)39-27(22-15-9-5-10-16-22)23-17-11-6-12-18-23/h5-6,9-12,15-18,21,24-25,27H,4,7-8,13-14,19-20H2,1-3H3,(H,32,36)(H,33,38)(H,34,35)/t24-,25-/m0/s1. The van der Waals surface area contributed by atoms with Crippen molar-refractivity contribution in [3.63, 3.8) is 0 Å². The van der Waals surface area contributed by atoms with Crippen LogP contribution in [0, 0.1) is 5.92 Å². The van der Waals surface area contributed by atoms with Gasteiger partial charge in [-0.2, -0.15) is 0 Å². The van der Waals surface area contributed by atoms with Crippen LogP contribution in [0.25, 0.3) is 0 Å². The molecule has 0 aliphatic heterocycles. The Kier molecular flexibility index (Phi) is 11.1. The molecule has 9 heteroatoms. The van der Waals surface area contributed by atoms with Crippen molar-refractivity contribution in [3.8, 4) is 0 Å². The zero-order valence-electron chi connectivity index (χ0n) is 23.4. The van der Waals surface area contributed by atoms with Gasteiger partial charge in [0.25, 0.3) is 0 Å². The van der Waals surface area contributed by atoms with Gasteiger partial charge in [-0.1, -0.05) is 92.8 Å². The Balaban J connectivity index is 1.83. The Labute approximate surface area is 235 Å². The number of hydrogen-bond donors (Lipinski definition) is 3. The lowest BCUT2D eigenvalue weighted by molar-refractivity contribution is -0.152. The fraction of sp³-hybridized carbons (Fsp3) is 0.484. The van der Waals surface area contributed by atoms with E-state index in [2.05, 4.69) is 10.6 Å². The molecule has 1 saturated carbocycles. The number of amides is 2. The van der Waals surface area contributed by atoms with Crippen molar-refractivity contribution >= 4 is 23.9 Å². The third-order valence-electron chi connectivity index (χ3n) is 6.72. The van der Waals surface area contributed by atoms with Crippen molar-refractivity contribution in [2.75, 3.05) is 0 Å². The lowest BCUT2D eigenvalue weighted by Gasteiger charge is -2.29. The van der Waals surface area contributed by atoms with Crippen molar-refractivity contribution in [2.24, 2.45) is 5.92 Å². The van der Waals surface area contributed by atoms with Gasteiger partial charge in [0.1, 0.15) is 17.7 Å². The average molecular weight is 553 g/mol. The van der Waals surface area contributed by atoms with E-state index in [4.69, 9.17) is 9.47 Å². The highest BCUT2D eigenvalue weighted by Crippen LogP contribution is 2.30. The van der Waals surface area contributed by atoms with Crippen molar-refractivity contribution < 1.29 is 33.8 Å². The maximum Gasteiger partial charge on any atom is 0.408 e. The fourth-order valence-corrected chi connectivity index (χ4v) is 4.86. The van der Waals surface area contributed by atoms with Crippen LogP contribution in [-0.2, 0) is 23.9 Å². The molecule has 0 radical (unpaired) electrons. The predicted molar refractivity (Wildman–Crippen MR) is 149 cm³/mol. The van der Waals surface area contributed by atoms with Crippen LogP contribution in [0.4, 0.5) is 4.79 Å². The van der Waals surface area contributed by atoms with E-state index in [-0.39, 0.29) is 5.92 Å². The van der Waals surface area contributed by atoms with Gasteiger partial charge in [-0.05, 0) is 44.2 Å². The van der Waals surface area contributed by atoms with Crippen LogP contribution in [0.15, 0.2) is 60.7 Å². The van der Waals surface area contributed by atoms with Crippen LogP contribution in [0.1, 0.15) is 82.9 Å². The molecule has 3 N–H and O–H groups in total. The molecule has 0 unspecified atom stereocenters. The molecule has 2 amide bonds. The Hall–Kier alpha value is -3.88. The minimum atomic E-state index is -1.44. The van der Waals surface area contributed by atoms with E-state index < -0.39 is 54.1 Å². The van der Waals surface area contributed by atoms with Gasteiger partial charge in [-0.25, -0.2) is 9.59 Å². The first-order valence-electron chi connectivity index (χ1n) is 13.8. The Morgan fingerprint density at radius 3 is 1.90 bits per heavy atom. The Morgan fingerprint density at radius 2 is 1.40 bits per heavy atom. The molecule has 2 aromatic carbocycles. The highest BCUT2D eigenvalue weighted by Gasteiger charge is 2.33. The smallest absolute Gasteiger partial charge is 0.408 e. The van der Waals surface area contributed by atoms with Gasteiger partial charge >= 0.3 is 18.0 Å². The first-order chi connectivity index (χ1) is 19.0. The van der Waals surface area contributed by atoms with E-state index in [1.165, 1.54) is 0 Å². The quantitative estimate of drug-likeness (QED) is 0.329. The third-order valence-corrected chi connectivity index (χ3v) is 6.72. The predicted octanol–water partition coefficient (Wildman–Crippen LogP) is 5.14. The van der Waals surface area contributed by atoms with Crippen molar-refractivity contribution in [1.82, 2.24) is 10.6 Å². The van der Waals surface area contributed by atoms with Crippen LogP contribution >= 0.6 is 0 Å². The maximum atomic E-state index is 13.7. The number of carboxylic acid groups (broad SMARTS) is 1. The topological polar surface area (TPSA) is 131 Å². The zero-order valence-corrected chi connectivity index (χ0v) is 23.4. The van der Waals surface area contributed by atoms with Crippen molar-refractivity contribution in [3.05, 3.63) is 71.8 Å². The van der Waals surface area contributed by atoms with Crippen LogP contribution in [0.3, 0.4) is 0 Å². The number of alkyl carbamates (subject to hydrolysis) is 1. The largest absolute Gasteiger partial charge is 0.481 e. The van der Waals surface area contributed by atoms with E-state index in [1.54, 1.807) is 20.8 Å². The zero-order chi connectivity index (χ0) is 29.1. The number of rotatable bonds is 11. The monoisotopic (exact) mass is 552 g/mol. The molecule has 0 bridgehead atoms. The van der Waals surface area contributed by atoms with Gasteiger partial charge in [0, 0.05) is 0 Å². The Morgan fingerprint density at radius 1 is 0.850 bits per heavy atom. The summed E-state index contributed by atoms with van der Waals surface area (Å²) in [7, 11) is 0. The molecule has 3 rings (SSSR count). The van der Waals surface area contributed by atoms with Gasteiger partial charge in [0.2, 0.25) is 5.91 Å². The second-order valence-corrected chi connectivity index (χ2v) is 11.2. The number of esters is 1. The second-order valence-electron chi connectivity index (χ2n) is 11.2. The van der Waals surface area contributed by atoms with Crippen molar-refractivity contribution in [1.29, 1.82) is 0 Å². The lowest BCUT2D eigenvalue weighted by Crippen LogP contribution is -2.53. The lowest BCUT2D eigenvalue weighted by atomic mass is 9.84. The summed E-state index contributed by atoms with van der Waals surface area (Å²) < 4.78 is 11.3. The van der Waals surface area contributed by atoms with E-state index in [0.29, 0.717) is 6.42 Å². The molecular weight excluding hydrogens is 512 g/mol. The number of ether oxygens (including phenoxy) is 2. The number of carbonyl (C=O) groups excluding carboxylic acids is 3. The summed E-state index contributed by atoms with van der Waals surface area (Å²) >= 11 is 0. The van der Waals surface area contributed by atoms with E-state index in [0.717, 1.165) is 43.2 Å².